The van der Waals surface area contributed by atoms with Crippen LogP contribution in [0.1, 0.15) is 41.0 Å². The van der Waals surface area contributed by atoms with Crippen molar-refractivity contribution in [2.45, 2.75) is 53.1 Å². The van der Waals surface area contributed by atoms with E-state index in [2.05, 4.69) is 49.9 Å². The molecular formula is C16H30IN5. The Balaban J connectivity index is 0.00000242. The Morgan fingerprint density at radius 3 is 2.55 bits per heavy atom. The summed E-state index contributed by atoms with van der Waals surface area (Å²) in [6.45, 7) is 15.1. The third kappa shape index (κ3) is 3.94. The number of halogens is 1. The highest BCUT2D eigenvalue weighted by Gasteiger charge is 2.53. The van der Waals surface area contributed by atoms with Crippen molar-refractivity contribution in [1.29, 1.82) is 0 Å². The molecule has 5 nitrogen and oxygen atoms in total. The Morgan fingerprint density at radius 1 is 1.32 bits per heavy atom. The Labute approximate surface area is 151 Å². The summed E-state index contributed by atoms with van der Waals surface area (Å²) >= 11 is 0. The lowest BCUT2D eigenvalue weighted by molar-refractivity contribution is -0.0667. The van der Waals surface area contributed by atoms with Gasteiger partial charge in [-0.15, -0.1) is 24.0 Å². The third-order valence-corrected chi connectivity index (χ3v) is 4.84. The zero-order valence-electron chi connectivity index (χ0n) is 14.5. The SMILES string of the molecule is CCNC(=NCCCn1cccn1)N1CC(C)(C)C1(C)C.I. The molecule has 126 valence electrons. The van der Waals surface area contributed by atoms with Crippen molar-refractivity contribution in [3.8, 4) is 0 Å². The molecule has 0 unspecified atom stereocenters. The summed E-state index contributed by atoms with van der Waals surface area (Å²) < 4.78 is 1.96. The van der Waals surface area contributed by atoms with Gasteiger partial charge >= 0.3 is 0 Å². The van der Waals surface area contributed by atoms with E-state index in [4.69, 9.17) is 4.99 Å². The predicted molar refractivity (Wildman–Crippen MR) is 103 cm³/mol. The van der Waals surface area contributed by atoms with Gasteiger partial charge in [-0.05, 0) is 33.3 Å². The number of rotatable bonds is 5. The molecule has 1 aromatic heterocycles. The topological polar surface area (TPSA) is 45.5 Å². The maximum Gasteiger partial charge on any atom is 0.194 e. The summed E-state index contributed by atoms with van der Waals surface area (Å²) in [6.07, 6.45) is 4.82. The molecule has 1 N–H and O–H groups in total. The van der Waals surface area contributed by atoms with Gasteiger partial charge in [0.05, 0.1) is 0 Å². The number of likely N-dealkylation sites (tertiary alicyclic amines) is 1. The van der Waals surface area contributed by atoms with Crippen LogP contribution in [-0.2, 0) is 6.54 Å². The molecular weight excluding hydrogens is 389 g/mol. The molecule has 1 aliphatic rings. The number of aryl methyl sites for hydroxylation is 1. The Hall–Kier alpha value is -0.790. The van der Waals surface area contributed by atoms with Crippen LogP contribution in [0, 0.1) is 5.41 Å². The quantitative estimate of drug-likeness (QED) is 0.346. The van der Waals surface area contributed by atoms with Crippen LogP contribution in [0.2, 0.25) is 0 Å². The van der Waals surface area contributed by atoms with E-state index in [0.29, 0.717) is 5.41 Å². The number of hydrogen-bond acceptors (Lipinski definition) is 2. The molecule has 2 rings (SSSR count). The van der Waals surface area contributed by atoms with Gasteiger partial charge in [-0.3, -0.25) is 9.67 Å². The van der Waals surface area contributed by atoms with Crippen molar-refractivity contribution in [2.75, 3.05) is 19.6 Å². The first-order chi connectivity index (χ1) is 9.88. The van der Waals surface area contributed by atoms with E-state index in [1.807, 2.05) is 23.1 Å². The minimum atomic E-state index is 0. The van der Waals surface area contributed by atoms with Crippen molar-refractivity contribution in [2.24, 2.45) is 10.4 Å². The molecule has 1 aliphatic heterocycles. The Kier molecular flexibility index (Phi) is 6.70. The molecule has 1 saturated heterocycles. The van der Waals surface area contributed by atoms with Crippen LogP contribution in [0.5, 0.6) is 0 Å². The van der Waals surface area contributed by atoms with Gasteiger partial charge in [-0.25, -0.2) is 0 Å². The predicted octanol–water partition coefficient (Wildman–Crippen LogP) is 2.98. The van der Waals surface area contributed by atoms with Gasteiger partial charge in [0, 0.05) is 49.5 Å². The molecule has 22 heavy (non-hydrogen) atoms. The largest absolute Gasteiger partial charge is 0.356 e. The van der Waals surface area contributed by atoms with Crippen LogP contribution in [0.25, 0.3) is 0 Å². The minimum Gasteiger partial charge on any atom is -0.356 e. The normalized spacial score (nSPS) is 19.3. The number of aromatic nitrogens is 2. The molecule has 0 amide bonds. The van der Waals surface area contributed by atoms with E-state index in [1.165, 1.54) is 0 Å². The standard InChI is InChI=1S/C16H29N5.HI/c1-6-17-14(21-13-15(2,3)16(21,4)5)18-9-7-11-20-12-8-10-19-20;/h8,10,12H,6-7,9,11,13H2,1-5H3,(H,17,18);1H. The van der Waals surface area contributed by atoms with Gasteiger partial charge < -0.3 is 10.2 Å². The number of guanidine groups is 1. The molecule has 0 atom stereocenters. The van der Waals surface area contributed by atoms with E-state index in [1.54, 1.807) is 0 Å². The molecule has 1 aromatic rings. The van der Waals surface area contributed by atoms with E-state index < -0.39 is 0 Å². The average molecular weight is 419 g/mol. The van der Waals surface area contributed by atoms with Crippen molar-refractivity contribution in [3.63, 3.8) is 0 Å². The molecule has 0 aromatic carbocycles. The molecule has 0 saturated carbocycles. The summed E-state index contributed by atoms with van der Waals surface area (Å²) in [4.78, 5) is 7.18. The number of nitrogens with one attached hydrogen (secondary N) is 1. The van der Waals surface area contributed by atoms with Crippen LogP contribution in [0.4, 0.5) is 0 Å². The van der Waals surface area contributed by atoms with Crippen LogP contribution in [0.15, 0.2) is 23.5 Å². The van der Waals surface area contributed by atoms with Crippen LogP contribution in [0.3, 0.4) is 0 Å². The molecule has 2 heterocycles. The second-order valence-electron chi connectivity index (χ2n) is 6.89. The minimum absolute atomic E-state index is 0. The first-order valence-electron chi connectivity index (χ1n) is 7.92. The maximum atomic E-state index is 4.79. The van der Waals surface area contributed by atoms with Gasteiger partial charge in [-0.2, -0.15) is 5.10 Å². The van der Waals surface area contributed by atoms with E-state index in [-0.39, 0.29) is 29.5 Å². The highest BCUT2D eigenvalue weighted by atomic mass is 127. The summed E-state index contributed by atoms with van der Waals surface area (Å²) in [7, 11) is 0. The van der Waals surface area contributed by atoms with Gasteiger partial charge in [0.25, 0.3) is 0 Å². The third-order valence-electron chi connectivity index (χ3n) is 4.84. The lowest BCUT2D eigenvalue weighted by Crippen LogP contribution is -2.72. The monoisotopic (exact) mass is 419 g/mol. The summed E-state index contributed by atoms with van der Waals surface area (Å²) in [5, 5.41) is 7.64. The molecule has 0 radical (unpaired) electrons. The zero-order valence-corrected chi connectivity index (χ0v) is 16.8. The fourth-order valence-electron chi connectivity index (χ4n) is 2.65. The van der Waals surface area contributed by atoms with Crippen molar-refractivity contribution in [1.82, 2.24) is 20.0 Å². The number of nitrogens with zero attached hydrogens (tertiary/aromatic N) is 4. The molecule has 6 heteroatoms. The van der Waals surface area contributed by atoms with Gasteiger partial charge in [0.1, 0.15) is 0 Å². The van der Waals surface area contributed by atoms with Gasteiger partial charge in [0.2, 0.25) is 0 Å². The van der Waals surface area contributed by atoms with Crippen LogP contribution < -0.4 is 5.32 Å². The summed E-state index contributed by atoms with van der Waals surface area (Å²) in [6, 6.07) is 1.96. The zero-order chi connectivity index (χ0) is 15.5. The van der Waals surface area contributed by atoms with Gasteiger partial charge in [0.15, 0.2) is 5.96 Å². The summed E-state index contributed by atoms with van der Waals surface area (Å²) in [5.41, 5.74) is 0.480. The molecule has 1 fully saturated rings. The van der Waals surface area contributed by atoms with Crippen molar-refractivity contribution < 1.29 is 0 Å². The average Bonchev–Trinajstić information content (AvgIpc) is 2.93. The highest BCUT2D eigenvalue weighted by molar-refractivity contribution is 14.0. The molecule has 0 spiro atoms. The van der Waals surface area contributed by atoms with Gasteiger partial charge in [-0.1, -0.05) is 13.8 Å². The van der Waals surface area contributed by atoms with E-state index in [9.17, 15) is 0 Å². The molecule has 0 bridgehead atoms. The van der Waals surface area contributed by atoms with Crippen molar-refractivity contribution >= 4 is 29.9 Å². The fraction of sp³-hybridized carbons (Fsp3) is 0.750. The molecule has 0 aliphatic carbocycles. The Bertz CT molecular complexity index is 479. The van der Waals surface area contributed by atoms with E-state index in [0.717, 1.165) is 38.6 Å². The number of hydrogen-bond donors (Lipinski definition) is 1. The number of aliphatic imine (C=N–C) groups is 1. The highest BCUT2D eigenvalue weighted by Crippen LogP contribution is 2.46. The first-order valence-corrected chi connectivity index (χ1v) is 7.92. The second kappa shape index (κ2) is 7.66. The Morgan fingerprint density at radius 2 is 2.05 bits per heavy atom. The van der Waals surface area contributed by atoms with Crippen LogP contribution >= 0.6 is 24.0 Å². The first kappa shape index (κ1) is 19.3. The summed E-state index contributed by atoms with van der Waals surface area (Å²) in [5.74, 6) is 1.04. The maximum absolute atomic E-state index is 4.79. The lowest BCUT2D eigenvalue weighted by Gasteiger charge is -2.62. The second-order valence-corrected chi connectivity index (χ2v) is 6.89. The fourth-order valence-corrected chi connectivity index (χ4v) is 2.65. The van der Waals surface area contributed by atoms with E-state index >= 15 is 0 Å². The van der Waals surface area contributed by atoms with Crippen molar-refractivity contribution in [3.05, 3.63) is 18.5 Å². The lowest BCUT2D eigenvalue weighted by atomic mass is 9.65. The smallest absolute Gasteiger partial charge is 0.194 e. The van der Waals surface area contributed by atoms with Crippen LogP contribution in [-0.4, -0.2) is 45.8 Å².